The second-order valence-electron chi connectivity index (χ2n) is 6.05. The number of β-amino-alcohol motifs (C(OH)–C–C–N with tert-alkyl or cyclic N) is 1. The van der Waals surface area contributed by atoms with E-state index in [1.807, 2.05) is 19.1 Å². The Morgan fingerprint density at radius 2 is 2.04 bits per heavy atom. The molecule has 122 valence electrons. The fraction of sp³-hybridized carbons (Fsp3) is 0.421. The lowest BCUT2D eigenvalue weighted by atomic mass is 9.86. The second-order valence-corrected chi connectivity index (χ2v) is 6.05. The van der Waals surface area contributed by atoms with Gasteiger partial charge in [-0.3, -0.25) is 4.79 Å². The Kier molecular flexibility index (Phi) is 4.94. The Morgan fingerprint density at radius 3 is 2.78 bits per heavy atom. The lowest BCUT2D eigenvalue weighted by Crippen LogP contribution is -2.47. The Balaban J connectivity index is 1.71. The Morgan fingerprint density at radius 1 is 1.26 bits per heavy atom. The Bertz CT molecular complexity index is 685. The molecular weight excluding hydrogens is 290 g/mol. The summed E-state index contributed by atoms with van der Waals surface area (Å²) >= 11 is 0. The number of piperidine rings is 1. The van der Waals surface area contributed by atoms with E-state index in [1.54, 1.807) is 4.90 Å². The minimum absolute atomic E-state index is 0.0390. The summed E-state index contributed by atoms with van der Waals surface area (Å²) in [6.45, 7) is 3.55. The molecule has 2 atom stereocenters. The Hall–Kier alpha value is -1.91. The van der Waals surface area contributed by atoms with E-state index in [0.29, 0.717) is 19.7 Å². The van der Waals surface area contributed by atoms with E-state index in [4.69, 9.17) is 4.74 Å². The van der Waals surface area contributed by atoms with Gasteiger partial charge in [0, 0.05) is 25.6 Å². The van der Waals surface area contributed by atoms with Gasteiger partial charge in [-0.05, 0) is 29.7 Å². The van der Waals surface area contributed by atoms with Crippen molar-refractivity contribution in [2.24, 2.45) is 0 Å². The summed E-state index contributed by atoms with van der Waals surface area (Å²) in [5.74, 6) is 0.0404. The van der Waals surface area contributed by atoms with E-state index >= 15 is 0 Å². The van der Waals surface area contributed by atoms with Crippen LogP contribution in [0.2, 0.25) is 0 Å². The summed E-state index contributed by atoms with van der Waals surface area (Å²) in [4.78, 5) is 13.7. The third-order valence-electron chi connectivity index (χ3n) is 4.57. The van der Waals surface area contributed by atoms with Crippen LogP contribution in [0.4, 0.5) is 0 Å². The van der Waals surface area contributed by atoms with Crippen LogP contribution in [0.15, 0.2) is 42.5 Å². The molecule has 0 saturated carbocycles. The van der Waals surface area contributed by atoms with Crippen LogP contribution in [0.3, 0.4) is 0 Å². The van der Waals surface area contributed by atoms with Gasteiger partial charge in [-0.2, -0.15) is 0 Å². The fourth-order valence-corrected chi connectivity index (χ4v) is 3.27. The fourth-order valence-electron chi connectivity index (χ4n) is 3.27. The molecule has 1 aliphatic rings. The van der Waals surface area contributed by atoms with Crippen molar-refractivity contribution in [2.75, 3.05) is 26.3 Å². The molecule has 1 fully saturated rings. The summed E-state index contributed by atoms with van der Waals surface area (Å²) in [5.41, 5.74) is 1.15. The zero-order valence-corrected chi connectivity index (χ0v) is 13.4. The first-order valence-electron chi connectivity index (χ1n) is 8.21. The molecule has 0 aliphatic carbocycles. The number of ether oxygens (including phenoxy) is 1. The van der Waals surface area contributed by atoms with Crippen molar-refractivity contribution >= 4 is 16.7 Å². The highest BCUT2D eigenvalue weighted by molar-refractivity contribution is 5.83. The van der Waals surface area contributed by atoms with Gasteiger partial charge in [0.05, 0.1) is 6.10 Å². The molecular formula is C19H23NO3. The normalized spacial score (nSPS) is 21.6. The molecule has 0 bridgehead atoms. The molecule has 3 rings (SSSR count). The predicted molar refractivity (Wildman–Crippen MR) is 90.4 cm³/mol. The molecule has 1 saturated heterocycles. The van der Waals surface area contributed by atoms with Crippen molar-refractivity contribution in [3.63, 3.8) is 0 Å². The van der Waals surface area contributed by atoms with Crippen molar-refractivity contribution in [3.05, 3.63) is 48.0 Å². The van der Waals surface area contributed by atoms with Crippen LogP contribution in [0.1, 0.15) is 24.8 Å². The van der Waals surface area contributed by atoms with Crippen LogP contribution in [0.5, 0.6) is 0 Å². The van der Waals surface area contributed by atoms with Gasteiger partial charge in [0.15, 0.2) is 0 Å². The summed E-state index contributed by atoms with van der Waals surface area (Å²) in [7, 11) is 0. The van der Waals surface area contributed by atoms with Crippen LogP contribution in [0, 0.1) is 0 Å². The van der Waals surface area contributed by atoms with Gasteiger partial charge in [-0.25, -0.2) is 0 Å². The zero-order valence-electron chi connectivity index (χ0n) is 13.4. The summed E-state index contributed by atoms with van der Waals surface area (Å²) < 4.78 is 5.17. The number of rotatable bonds is 4. The summed E-state index contributed by atoms with van der Waals surface area (Å²) in [5, 5.41) is 12.9. The first-order valence-corrected chi connectivity index (χ1v) is 8.21. The number of benzene rings is 2. The number of hydrogen-bond acceptors (Lipinski definition) is 3. The average Bonchev–Trinajstić information content (AvgIpc) is 2.59. The molecule has 2 aromatic rings. The smallest absolute Gasteiger partial charge is 0.248 e. The maximum absolute atomic E-state index is 12.0. The predicted octanol–water partition coefficient (Wildman–Crippen LogP) is 2.55. The maximum atomic E-state index is 12.0. The molecule has 23 heavy (non-hydrogen) atoms. The number of hydrogen-bond donors (Lipinski definition) is 1. The molecule has 2 aromatic carbocycles. The largest absolute Gasteiger partial charge is 0.391 e. The van der Waals surface area contributed by atoms with Gasteiger partial charge in [-0.15, -0.1) is 0 Å². The summed E-state index contributed by atoms with van der Waals surface area (Å²) in [6, 6.07) is 14.6. The van der Waals surface area contributed by atoms with Crippen LogP contribution in [-0.4, -0.2) is 48.3 Å². The van der Waals surface area contributed by atoms with Gasteiger partial charge in [-0.1, -0.05) is 42.5 Å². The number of likely N-dealkylation sites (tertiary alicyclic amines) is 1. The third kappa shape index (κ3) is 3.54. The van der Waals surface area contributed by atoms with Crippen LogP contribution >= 0.6 is 0 Å². The van der Waals surface area contributed by atoms with Gasteiger partial charge in [0.1, 0.15) is 6.61 Å². The van der Waals surface area contributed by atoms with Crippen molar-refractivity contribution in [2.45, 2.75) is 25.4 Å². The van der Waals surface area contributed by atoms with Crippen molar-refractivity contribution in [3.8, 4) is 0 Å². The molecule has 0 aromatic heterocycles. The van der Waals surface area contributed by atoms with Crippen molar-refractivity contribution < 1.29 is 14.6 Å². The SMILES string of the molecule is CCOCC(=O)N1CC[C@@H](c2ccc3ccccc3c2)[C@H](O)C1. The van der Waals surface area contributed by atoms with E-state index in [0.717, 1.165) is 12.0 Å². The van der Waals surface area contributed by atoms with Gasteiger partial charge >= 0.3 is 0 Å². The number of carbonyl (C=O) groups excluding carboxylic acids is 1. The molecule has 0 radical (unpaired) electrons. The average molecular weight is 313 g/mol. The van der Waals surface area contributed by atoms with E-state index in [2.05, 4.69) is 30.3 Å². The topological polar surface area (TPSA) is 49.8 Å². The number of carbonyl (C=O) groups is 1. The van der Waals surface area contributed by atoms with E-state index in [1.165, 1.54) is 10.8 Å². The highest BCUT2D eigenvalue weighted by Gasteiger charge is 2.31. The molecule has 4 nitrogen and oxygen atoms in total. The molecule has 4 heteroatoms. The number of fused-ring (bicyclic) bond motifs is 1. The molecule has 0 spiro atoms. The van der Waals surface area contributed by atoms with Crippen LogP contribution < -0.4 is 0 Å². The van der Waals surface area contributed by atoms with Crippen LogP contribution in [-0.2, 0) is 9.53 Å². The minimum Gasteiger partial charge on any atom is -0.391 e. The number of aliphatic hydroxyl groups is 1. The zero-order chi connectivity index (χ0) is 16.2. The van der Waals surface area contributed by atoms with Gasteiger partial charge < -0.3 is 14.7 Å². The van der Waals surface area contributed by atoms with Crippen LogP contribution in [0.25, 0.3) is 10.8 Å². The first-order chi connectivity index (χ1) is 11.2. The molecule has 0 unspecified atom stereocenters. The molecule has 1 heterocycles. The maximum Gasteiger partial charge on any atom is 0.248 e. The van der Waals surface area contributed by atoms with Crippen molar-refractivity contribution in [1.29, 1.82) is 0 Å². The van der Waals surface area contributed by atoms with E-state index in [-0.39, 0.29) is 18.4 Å². The quantitative estimate of drug-likeness (QED) is 0.944. The third-order valence-corrected chi connectivity index (χ3v) is 4.57. The lowest BCUT2D eigenvalue weighted by molar-refractivity contribution is -0.139. The molecule has 1 N–H and O–H groups in total. The highest BCUT2D eigenvalue weighted by Crippen LogP contribution is 2.30. The van der Waals surface area contributed by atoms with Gasteiger partial charge in [0.25, 0.3) is 0 Å². The van der Waals surface area contributed by atoms with Gasteiger partial charge in [0.2, 0.25) is 5.91 Å². The molecule has 1 amide bonds. The summed E-state index contributed by atoms with van der Waals surface area (Å²) in [6.07, 6.45) is 0.243. The van der Waals surface area contributed by atoms with Crippen molar-refractivity contribution in [1.82, 2.24) is 4.90 Å². The standard InChI is InChI=1S/C19H23NO3/c1-2-23-13-19(22)20-10-9-17(18(21)12-20)16-8-7-14-5-3-4-6-15(14)11-16/h3-8,11,17-18,21H,2,9-10,12-13H2,1H3/t17-,18+/m0/s1. The van der Waals surface area contributed by atoms with E-state index < -0.39 is 6.10 Å². The van der Waals surface area contributed by atoms with E-state index in [9.17, 15) is 9.90 Å². The first kappa shape index (κ1) is 16.0. The number of aliphatic hydroxyl groups excluding tert-OH is 1. The highest BCUT2D eigenvalue weighted by atomic mass is 16.5. The molecule has 1 aliphatic heterocycles. The minimum atomic E-state index is -0.532. The number of nitrogens with zero attached hydrogens (tertiary/aromatic N) is 1. The Labute approximate surface area is 136 Å². The lowest BCUT2D eigenvalue weighted by Gasteiger charge is -2.36. The monoisotopic (exact) mass is 313 g/mol. The second kappa shape index (κ2) is 7.11. The number of amides is 1.